The number of alkyl halides is 1. The molecule has 102 valence electrons. The van der Waals surface area contributed by atoms with E-state index in [9.17, 15) is 4.39 Å². The van der Waals surface area contributed by atoms with Crippen LogP contribution in [0.5, 0.6) is 5.75 Å². The van der Waals surface area contributed by atoms with Crippen molar-refractivity contribution < 1.29 is 9.13 Å². The van der Waals surface area contributed by atoms with Crippen LogP contribution < -0.4 is 4.74 Å². The highest BCUT2D eigenvalue weighted by Gasteiger charge is 2.05. The van der Waals surface area contributed by atoms with Crippen LogP contribution in [0, 0.1) is 17.1 Å². The molecular weight excluding hydrogens is 300 g/mol. The molecule has 0 aliphatic heterocycles. The molecule has 2 aromatic carbocycles. The van der Waals surface area contributed by atoms with Gasteiger partial charge in [-0.25, -0.2) is 4.39 Å². The van der Waals surface area contributed by atoms with E-state index in [1.54, 1.807) is 24.3 Å². The van der Waals surface area contributed by atoms with Crippen molar-refractivity contribution in [2.75, 3.05) is 0 Å². The second-order valence-electron chi connectivity index (χ2n) is 4.15. The molecule has 0 radical (unpaired) electrons. The number of nitrogens with zero attached hydrogens (tertiary/aromatic N) is 1. The topological polar surface area (TPSA) is 33.0 Å². The molecule has 0 heterocycles. The predicted molar refractivity (Wildman–Crippen MR) is 76.5 cm³/mol. The number of rotatable bonds is 4. The van der Waals surface area contributed by atoms with Crippen LogP contribution >= 0.6 is 23.2 Å². The maximum absolute atomic E-state index is 13.3. The first-order chi connectivity index (χ1) is 9.62. The monoisotopic (exact) mass is 309 g/mol. The average Bonchev–Trinajstić information content (AvgIpc) is 2.45. The molecule has 0 bridgehead atoms. The quantitative estimate of drug-likeness (QED) is 0.769. The second kappa shape index (κ2) is 6.60. The Morgan fingerprint density at radius 1 is 1.15 bits per heavy atom. The van der Waals surface area contributed by atoms with Crippen LogP contribution in [0.1, 0.15) is 16.7 Å². The van der Waals surface area contributed by atoms with Crippen molar-refractivity contribution in [3.8, 4) is 11.8 Å². The van der Waals surface area contributed by atoms with Gasteiger partial charge in [0.25, 0.3) is 0 Å². The van der Waals surface area contributed by atoms with Crippen LogP contribution in [-0.4, -0.2) is 0 Å². The third kappa shape index (κ3) is 3.63. The van der Waals surface area contributed by atoms with E-state index in [2.05, 4.69) is 0 Å². The molecule has 0 unspecified atom stereocenters. The van der Waals surface area contributed by atoms with Crippen molar-refractivity contribution in [2.45, 2.75) is 12.5 Å². The minimum Gasteiger partial charge on any atom is -0.487 e. The molecule has 2 aromatic rings. The molecule has 20 heavy (non-hydrogen) atoms. The zero-order chi connectivity index (χ0) is 14.5. The lowest BCUT2D eigenvalue weighted by molar-refractivity contribution is 0.305. The van der Waals surface area contributed by atoms with E-state index in [4.69, 9.17) is 33.2 Å². The van der Waals surface area contributed by atoms with E-state index in [1.165, 1.54) is 12.1 Å². The number of ether oxygens (including phenoxy) is 1. The van der Waals surface area contributed by atoms with Gasteiger partial charge in [0.1, 0.15) is 18.2 Å². The molecule has 0 amide bonds. The van der Waals surface area contributed by atoms with Crippen molar-refractivity contribution in [2.24, 2.45) is 0 Å². The minimum atomic E-state index is -0.466. The van der Waals surface area contributed by atoms with Gasteiger partial charge in [0.2, 0.25) is 0 Å². The number of benzene rings is 2. The molecule has 0 saturated heterocycles. The fourth-order valence-corrected chi connectivity index (χ4v) is 2.13. The van der Waals surface area contributed by atoms with Gasteiger partial charge < -0.3 is 4.74 Å². The van der Waals surface area contributed by atoms with Crippen molar-refractivity contribution in [1.29, 1.82) is 5.26 Å². The van der Waals surface area contributed by atoms with E-state index in [0.717, 1.165) is 5.56 Å². The van der Waals surface area contributed by atoms with Gasteiger partial charge in [-0.2, -0.15) is 5.26 Å². The molecule has 0 N–H and O–H groups in total. The van der Waals surface area contributed by atoms with Crippen LogP contribution in [0.2, 0.25) is 5.02 Å². The maximum Gasteiger partial charge on any atom is 0.138 e. The highest BCUT2D eigenvalue weighted by atomic mass is 35.5. The van der Waals surface area contributed by atoms with E-state index < -0.39 is 5.82 Å². The smallest absolute Gasteiger partial charge is 0.138 e. The van der Waals surface area contributed by atoms with Gasteiger partial charge in [-0.1, -0.05) is 17.7 Å². The summed E-state index contributed by atoms with van der Waals surface area (Å²) in [6.45, 7) is 0.131. The Morgan fingerprint density at radius 2 is 1.95 bits per heavy atom. The van der Waals surface area contributed by atoms with Gasteiger partial charge in [0, 0.05) is 5.88 Å². The van der Waals surface area contributed by atoms with Crippen molar-refractivity contribution in [3.63, 3.8) is 0 Å². The van der Waals surface area contributed by atoms with Gasteiger partial charge in [-0.15, -0.1) is 11.6 Å². The van der Waals surface area contributed by atoms with Gasteiger partial charge in [-0.3, -0.25) is 0 Å². The third-order valence-corrected chi connectivity index (χ3v) is 3.24. The number of halogens is 3. The summed E-state index contributed by atoms with van der Waals surface area (Å²) >= 11 is 11.8. The summed E-state index contributed by atoms with van der Waals surface area (Å²) in [6.07, 6.45) is 0. The second-order valence-corrected chi connectivity index (χ2v) is 4.82. The van der Waals surface area contributed by atoms with E-state index in [1.807, 2.05) is 6.07 Å². The summed E-state index contributed by atoms with van der Waals surface area (Å²) in [5.41, 5.74) is 1.72. The first-order valence-corrected chi connectivity index (χ1v) is 6.70. The Bertz CT molecular complexity index is 667. The molecule has 0 aromatic heterocycles. The molecule has 5 heteroatoms. The van der Waals surface area contributed by atoms with Gasteiger partial charge in [0.15, 0.2) is 0 Å². The molecule has 0 saturated carbocycles. The summed E-state index contributed by atoms with van der Waals surface area (Å²) in [6, 6.07) is 11.2. The Balaban J connectivity index is 2.13. The molecule has 0 aliphatic rings. The number of hydrogen-bond donors (Lipinski definition) is 0. The Labute approximate surface area is 126 Å². The zero-order valence-corrected chi connectivity index (χ0v) is 11.9. The first kappa shape index (κ1) is 14.6. The summed E-state index contributed by atoms with van der Waals surface area (Å²) in [7, 11) is 0. The summed E-state index contributed by atoms with van der Waals surface area (Å²) < 4.78 is 18.8. The predicted octanol–water partition coefficient (Wildman–Crippen LogP) is 4.67. The molecular formula is C15H10Cl2FNO. The standard InChI is InChI=1S/C15H10Cl2FNO/c16-7-10-1-2-15(14(17)6-10)20-9-12-3-11(8-19)4-13(18)5-12/h1-6H,7,9H2. The van der Waals surface area contributed by atoms with Crippen molar-refractivity contribution in [3.05, 3.63) is 63.9 Å². The van der Waals surface area contributed by atoms with Crippen LogP contribution in [0.4, 0.5) is 4.39 Å². The van der Waals surface area contributed by atoms with Crippen LogP contribution in [0.15, 0.2) is 36.4 Å². The lowest BCUT2D eigenvalue weighted by Crippen LogP contribution is -1.98. The van der Waals surface area contributed by atoms with Crippen molar-refractivity contribution >= 4 is 23.2 Å². The van der Waals surface area contributed by atoms with E-state index >= 15 is 0 Å². The SMILES string of the molecule is N#Cc1cc(F)cc(COc2ccc(CCl)cc2Cl)c1. The Morgan fingerprint density at radius 3 is 2.60 bits per heavy atom. The highest BCUT2D eigenvalue weighted by Crippen LogP contribution is 2.27. The Hall–Kier alpha value is -1.76. The zero-order valence-electron chi connectivity index (χ0n) is 10.4. The normalized spacial score (nSPS) is 10.1. The van der Waals surface area contributed by atoms with Crippen molar-refractivity contribution in [1.82, 2.24) is 0 Å². The average molecular weight is 310 g/mol. The summed E-state index contributed by atoms with van der Waals surface area (Å²) in [5, 5.41) is 9.23. The van der Waals surface area contributed by atoms with E-state index in [0.29, 0.717) is 22.2 Å². The van der Waals surface area contributed by atoms with Gasteiger partial charge in [-0.05, 0) is 41.5 Å². The molecule has 0 atom stereocenters. The fraction of sp³-hybridized carbons (Fsp3) is 0.133. The first-order valence-electron chi connectivity index (χ1n) is 5.79. The molecule has 2 nitrogen and oxygen atoms in total. The third-order valence-electron chi connectivity index (χ3n) is 2.63. The fourth-order valence-electron chi connectivity index (χ4n) is 1.70. The minimum absolute atomic E-state index is 0.131. The lowest BCUT2D eigenvalue weighted by Gasteiger charge is -2.09. The van der Waals surface area contributed by atoms with Gasteiger partial charge in [0.05, 0.1) is 16.7 Å². The Kier molecular flexibility index (Phi) is 4.84. The highest BCUT2D eigenvalue weighted by molar-refractivity contribution is 6.32. The largest absolute Gasteiger partial charge is 0.487 e. The number of hydrogen-bond acceptors (Lipinski definition) is 2. The van der Waals surface area contributed by atoms with Gasteiger partial charge >= 0.3 is 0 Å². The summed E-state index contributed by atoms with van der Waals surface area (Å²) in [5.74, 6) is 0.393. The summed E-state index contributed by atoms with van der Waals surface area (Å²) in [4.78, 5) is 0. The molecule has 0 aliphatic carbocycles. The molecule has 0 fully saturated rings. The molecule has 0 spiro atoms. The van der Waals surface area contributed by atoms with E-state index in [-0.39, 0.29) is 12.2 Å². The molecule has 2 rings (SSSR count). The van der Waals surface area contributed by atoms with Crippen LogP contribution in [-0.2, 0) is 12.5 Å². The van der Waals surface area contributed by atoms with Crippen LogP contribution in [0.25, 0.3) is 0 Å². The maximum atomic E-state index is 13.3. The lowest BCUT2D eigenvalue weighted by atomic mass is 10.1. The number of nitriles is 1. The van der Waals surface area contributed by atoms with Crippen LogP contribution in [0.3, 0.4) is 0 Å².